The van der Waals surface area contributed by atoms with Gasteiger partial charge in [-0.3, -0.25) is 4.99 Å². The van der Waals surface area contributed by atoms with Crippen molar-refractivity contribution in [1.82, 2.24) is 0 Å². The molecule has 2 rings (SSSR count). The molecule has 1 heterocycles. The Morgan fingerprint density at radius 1 is 1.28 bits per heavy atom. The number of nitrogens with zero attached hydrogens (tertiary/aromatic N) is 3. The molecule has 1 aliphatic heterocycles. The van der Waals surface area contributed by atoms with Crippen molar-refractivity contribution in [2.45, 2.75) is 6.36 Å². The highest BCUT2D eigenvalue weighted by Crippen LogP contribution is 2.26. The summed E-state index contributed by atoms with van der Waals surface area (Å²) in [5, 5.41) is 8.18. The fourth-order valence-corrected chi connectivity index (χ4v) is 1.87. The number of benzene rings is 1. The molecule has 0 aliphatic carbocycles. The van der Waals surface area contributed by atoms with E-state index in [1.54, 1.807) is 0 Å². The Bertz CT molecular complexity index is 488. The van der Waals surface area contributed by atoms with E-state index in [1.807, 2.05) is 0 Å². The van der Waals surface area contributed by atoms with Crippen LogP contribution in [0.2, 0.25) is 0 Å². The predicted octanol–water partition coefficient (Wildman–Crippen LogP) is 3.77. The number of aliphatic imine (C=N–C) groups is 1. The normalized spacial score (nSPS) is 16.1. The van der Waals surface area contributed by atoms with Crippen molar-refractivity contribution in [3.63, 3.8) is 0 Å². The average Bonchev–Trinajstić information content (AvgIpc) is 2.77. The topological polar surface area (TPSA) is 46.3 Å². The highest BCUT2D eigenvalue weighted by atomic mass is 32.2. The van der Waals surface area contributed by atoms with Gasteiger partial charge in [0, 0.05) is 11.8 Å². The quantitative estimate of drug-likeness (QED) is 0.771. The van der Waals surface area contributed by atoms with Crippen LogP contribution in [-0.4, -0.2) is 23.8 Å². The molecule has 0 atom stereocenters. The molecule has 8 heteroatoms. The Balaban J connectivity index is 2.07. The standard InChI is InChI=1S/C10H8F3N3OS/c11-10(12,13)17-8-3-1-2-7(6-8)15-16-9-14-4-5-18-9/h1-3,6H,4-5H2/b16-15+. The molecule has 0 saturated carbocycles. The number of azo groups is 1. The zero-order valence-corrected chi connectivity index (χ0v) is 9.83. The van der Waals surface area contributed by atoms with Crippen molar-refractivity contribution in [2.75, 3.05) is 12.3 Å². The van der Waals surface area contributed by atoms with E-state index in [2.05, 4.69) is 20.0 Å². The molecule has 0 radical (unpaired) electrons. The van der Waals surface area contributed by atoms with Crippen LogP contribution < -0.4 is 4.74 Å². The lowest BCUT2D eigenvalue weighted by Gasteiger charge is -2.08. The van der Waals surface area contributed by atoms with E-state index in [4.69, 9.17) is 0 Å². The number of ether oxygens (including phenoxy) is 1. The number of hydrogen-bond donors (Lipinski definition) is 0. The van der Waals surface area contributed by atoms with E-state index < -0.39 is 6.36 Å². The number of halogens is 3. The molecule has 18 heavy (non-hydrogen) atoms. The van der Waals surface area contributed by atoms with E-state index in [0.29, 0.717) is 11.7 Å². The monoisotopic (exact) mass is 275 g/mol. The molecule has 0 bridgehead atoms. The maximum atomic E-state index is 12.0. The molecule has 1 aliphatic rings. The van der Waals surface area contributed by atoms with E-state index >= 15 is 0 Å². The van der Waals surface area contributed by atoms with Crippen LogP contribution in [0.4, 0.5) is 18.9 Å². The highest BCUT2D eigenvalue weighted by Gasteiger charge is 2.31. The molecule has 96 valence electrons. The van der Waals surface area contributed by atoms with Crippen molar-refractivity contribution in [2.24, 2.45) is 15.2 Å². The van der Waals surface area contributed by atoms with Crippen LogP contribution in [0.25, 0.3) is 0 Å². The van der Waals surface area contributed by atoms with Crippen LogP contribution in [0.3, 0.4) is 0 Å². The van der Waals surface area contributed by atoms with E-state index in [0.717, 1.165) is 11.8 Å². The van der Waals surface area contributed by atoms with Crippen molar-refractivity contribution in [1.29, 1.82) is 0 Å². The lowest BCUT2D eigenvalue weighted by molar-refractivity contribution is -0.274. The Labute approximate surface area is 105 Å². The molecule has 0 amide bonds. The summed E-state index contributed by atoms with van der Waals surface area (Å²) in [7, 11) is 0. The number of hydrogen-bond acceptors (Lipinski definition) is 5. The summed E-state index contributed by atoms with van der Waals surface area (Å²) >= 11 is 1.45. The summed E-state index contributed by atoms with van der Waals surface area (Å²) in [4.78, 5) is 4.04. The van der Waals surface area contributed by atoms with Gasteiger partial charge in [-0.2, -0.15) is 0 Å². The minimum atomic E-state index is -4.71. The Morgan fingerprint density at radius 2 is 2.11 bits per heavy atom. The van der Waals surface area contributed by atoms with E-state index in [9.17, 15) is 13.2 Å². The fraction of sp³-hybridized carbons (Fsp3) is 0.300. The number of rotatable bonds is 2. The fourth-order valence-electron chi connectivity index (χ4n) is 1.23. The zero-order valence-electron chi connectivity index (χ0n) is 9.02. The second-order valence-electron chi connectivity index (χ2n) is 3.26. The van der Waals surface area contributed by atoms with E-state index in [1.165, 1.54) is 30.0 Å². The molecular weight excluding hydrogens is 267 g/mol. The molecule has 0 fully saturated rings. The van der Waals surface area contributed by atoms with Gasteiger partial charge in [-0.05, 0) is 12.1 Å². The van der Waals surface area contributed by atoms with Gasteiger partial charge in [0.1, 0.15) is 5.75 Å². The molecule has 4 nitrogen and oxygen atoms in total. The van der Waals surface area contributed by atoms with Gasteiger partial charge in [-0.25, -0.2) is 0 Å². The molecule has 0 unspecified atom stereocenters. The Morgan fingerprint density at radius 3 is 2.78 bits per heavy atom. The molecule has 0 aromatic heterocycles. The third-order valence-corrected chi connectivity index (χ3v) is 2.73. The summed E-state index contributed by atoms with van der Waals surface area (Å²) in [5.41, 5.74) is 0.284. The summed E-state index contributed by atoms with van der Waals surface area (Å²) in [5.74, 6) is 0.533. The van der Waals surface area contributed by atoms with Crippen molar-refractivity contribution < 1.29 is 17.9 Å². The third-order valence-electron chi connectivity index (χ3n) is 1.87. The summed E-state index contributed by atoms with van der Waals surface area (Å²) in [6.45, 7) is 0.691. The lowest BCUT2D eigenvalue weighted by atomic mass is 10.3. The first-order chi connectivity index (χ1) is 8.53. The minimum Gasteiger partial charge on any atom is -0.406 e. The van der Waals surface area contributed by atoms with Gasteiger partial charge in [0.2, 0.25) is 5.17 Å². The number of thioether (sulfide) groups is 1. The molecule has 0 spiro atoms. The number of alkyl halides is 3. The van der Waals surface area contributed by atoms with Gasteiger partial charge in [0.05, 0.1) is 12.2 Å². The summed E-state index contributed by atoms with van der Waals surface area (Å²) < 4.78 is 39.8. The molecule has 0 saturated heterocycles. The van der Waals surface area contributed by atoms with Crippen molar-refractivity contribution >= 4 is 22.6 Å². The van der Waals surface area contributed by atoms with Crippen LogP contribution in [0.15, 0.2) is 39.5 Å². The smallest absolute Gasteiger partial charge is 0.406 e. The minimum absolute atomic E-state index is 0.284. The highest BCUT2D eigenvalue weighted by molar-refractivity contribution is 8.14. The first-order valence-corrected chi connectivity index (χ1v) is 5.96. The van der Waals surface area contributed by atoms with Gasteiger partial charge >= 0.3 is 6.36 Å². The second-order valence-corrected chi connectivity index (χ2v) is 4.32. The van der Waals surface area contributed by atoms with Crippen LogP contribution in [0.5, 0.6) is 5.75 Å². The largest absolute Gasteiger partial charge is 0.573 e. The maximum Gasteiger partial charge on any atom is 0.573 e. The Kier molecular flexibility index (Phi) is 3.85. The molecular formula is C10H8F3N3OS. The van der Waals surface area contributed by atoms with Gasteiger partial charge in [-0.1, -0.05) is 17.8 Å². The lowest BCUT2D eigenvalue weighted by Crippen LogP contribution is -2.16. The molecule has 1 aromatic carbocycles. The van der Waals surface area contributed by atoms with Crippen molar-refractivity contribution in [3.05, 3.63) is 24.3 Å². The summed E-state index contributed by atoms with van der Waals surface area (Å²) in [6.07, 6.45) is -4.71. The second kappa shape index (κ2) is 5.38. The van der Waals surface area contributed by atoms with Crippen LogP contribution >= 0.6 is 11.8 Å². The predicted molar refractivity (Wildman–Crippen MR) is 62.4 cm³/mol. The third kappa shape index (κ3) is 4.02. The first-order valence-electron chi connectivity index (χ1n) is 4.98. The van der Waals surface area contributed by atoms with Crippen LogP contribution in [0.1, 0.15) is 0 Å². The zero-order chi connectivity index (χ0) is 13.0. The van der Waals surface area contributed by atoms with Gasteiger partial charge < -0.3 is 4.74 Å². The van der Waals surface area contributed by atoms with Crippen molar-refractivity contribution in [3.8, 4) is 5.75 Å². The molecule has 0 N–H and O–H groups in total. The summed E-state index contributed by atoms with van der Waals surface area (Å²) in [6, 6.07) is 5.32. The maximum absolute atomic E-state index is 12.0. The van der Waals surface area contributed by atoms with Crippen LogP contribution in [0, 0.1) is 0 Å². The van der Waals surface area contributed by atoms with E-state index in [-0.39, 0.29) is 11.4 Å². The average molecular weight is 275 g/mol. The number of amidine groups is 1. The van der Waals surface area contributed by atoms with Crippen LogP contribution in [-0.2, 0) is 0 Å². The Hall–Kier alpha value is -1.57. The van der Waals surface area contributed by atoms with Gasteiger partial charge in [0.25, 0.3) is 0 Å². The SMILES string of the molecule is FC(F)(F)Oc1cccc(/N=N/C2=NCCS2)c1. The molecule has 1 aromatic rings. The van der Waals surface area contributed by atoms with Gasteiger partial charge in [-0.15, -0.1) is 23.4 Å². The van der Waals surface area contributed by atoms with Gasteiger partial charge in [0.15, 0.2) is 0 Å². The first kappa shape index (κ1) is 12.9.